The van der Waals surface area contributed by atoms with Gasteiger partial charge >= 0.3 is 12.1 Å². The maximum absolute atomic E-state index is 14.2. The van der Waals surface area contributed by atoms with E-state index < -0.39 is 5.82 Å². The molecule has 2 aliphatic rings. The lowest BCUT2D eigenvalue weighted by Crippen LogP contribution is -2.56. The molecule has 1 aromatic carbocycles. The molecular weight excluding hydrogens is 361 g/mol. The fourth-order valence-electron chi connectivity index (χ4n) is 3.77. The van der Waals surface area contributed by atoms with E-state index in [1.54, 1.807) is 24.9 Å². The Balaban J connectivity index is 1.67. The van der Waals surface area contributed by atoms with Gasteiger partial charge in [-0.05, 0) is 44.2 Å². The van der Waals surface area contributed by atoms with Gasteiger partial charge in [0.05, 0.1) is 17.7 Å². The van der Waals surface area contributed by atoms with Crippen LogP contribution in [-0.4, -0.2) is 54.1 Å². The predicted octanol–water partition coefficient (Wildman–Crippen LogP) is 2.48. The fraction of sp³-hybridized carbons (Fsp3) is 0.550. The predicted molar refractivity (Wildman–Crippen MR) is 102 cm³/mol. The van der Waals surface area contributed by atoms with E-state index in [1.807, 2.05) is 11.0 Å². The zero-order chi connectivity index (χ0) is 20.3. The second-order valence-electron chi connectivity index (χ2n) is 7.46. The average molecular weight is 387 g/mol. The summed E-state index contributed by atoms with van der Waals surface area (Å²) in [6.07, 6.45) is 3.60. The Kier molecular flexibility index (Phi) is 6.02. The van der Waals surface area contributed by atoms with Crippen LogP contribution >= 0.6 is 0 Å². The van der Waals surface area contributed by atoms with Crippen LogP contribution in [0.2, 0.25) is 0 Å². The van der Waals surface area contributed by atoms with Gasteiger partial charge in [0.15, 0.2) is 0 Å². The Hall–Kier alpha value is -2.82. The van der Waals surface area contributed by atoms with Gasteiger partial charge in [0.25, 0.3) is 0 Å². The third-order valence-corrected chi connectivity index (χ3v) is 5.41. The van der Waals surface area contributed by atoms with E-state index in [0.29, 0.717) is 29.8 Å². The van der Waals surface area contributed by atoms with Gasteiger partial charge in [-0.25, -0.2) is 14.0 Å². The minimum absolute atomic E-state index is 0.0360. The molecule has 150 valence electrons. The van der Waals surface area contributed by atoms with Crippen LogP contribution in [0.1, 0.15) is 42.4 Å². The topological polar surface area (TPSA) is 88.5 Å². The number of hydrogen-bond donors (Lipinski definition) is 2. The third-order valence-electron chi connectivity index (χ3n) is 5.41. The van der Waals surface area contributed by atoms with Crippen molar-refractivity contribution in [3.8, 4) is 6.07 Å². The highest BCUT2D eigenvalue weighted by atomic mass is 19.1. The van der Waals surface area contributed by atoms with Gasteiger partial charge in [0.2, 0.25) is 0 Å². The number of rotatable bonds is 4. The molecule has 28 heavy (non-hydrogen) atoms. The van der Waals surface area contributed by atoms with Crippen molar-refractivity contribution < 1.29 is 14.0 Å². The van der Waals surface area contributed by atoms with Crippen molar-refractivity contribution in [1.29, 1.82) is 5.26 Å². The maximum Gasteiger partial charge on any atom is 0.318 e. The summed E-state index contributed by atoms with van der Waals surface area (Å²) in [4.78, 5) is 28.4. The molecule has 0 radical (unpaired) electrons. The fourth-order valence-corrected chi connectivity index (χ4v) is 3.77. The number of halogens is 1. The molecule has 0 unspecified atom stereocenters. The first-order chi connectivity index (χ1) is 13.4. The number of urea groups is 2. The first-order valence-electron chi connectivity index (χ1n) is 9.66. The van der Waals surface area contributed by atoms with Crippen molar-refractivity contribution in [3.05, 3.63) is 34.6 Å². The highest BCUT2D eigenvalue weighted by Crippen LogP contribution is 2.31. The van der Waals surface area contributed by atoms with Gasteiger partial charge in [-0.1, -0.05) is 6.07 Å². The number of likely N-dealkylation sites (tertiary alicyclic amines) is 1. The Morgan fingerprint density at radius 3 is 2.71 bits per heavy atom. The molecular formula is C20H26FN5O2. The molecule has 2 fully saturated rings. The second kappa shape index (κ2) is 8.46. The summed E-state index contributed by atoms with van der Waals surface area (Å²) >= 11 is 0. The van der Waals surface area contributed by atoms with Crippen LogP contribution in [0.3, 0.4) is 0 Å². The van der Waals surface area contributed by atoms with Crippen LogP contribution in [0, 0.1) is 24.1 Å². The molecule has 0 aromatic heterocycles. The molecule has 1 aliphatic carbocycles. The lowest BCUT2D eigenvalue weighted by Gasteiger charge is -2.39. The highest BCUT2D eigenvalue weighted by molar-refractivity contribution is 5.76. The molecule has 1 atom stereocenters. The van der Waals surface area contributed by atoms with Crippen LogP contribution in [0.5, 0.6) is 0 Å². The van der Waals surface area contributed by atoms with E-state index in [2.05, 4.69) is 10.6 Å². The number of carbonyl (C=O) groups is 2. The minimum Gasteiger partial charge on any atom is -0.341 e. The number of piperidine rings is 1. The lowest BCUT2D eigenvalue weighted by molar-refractivity contribution is 0.116. The zero-order valence-corrected chi connectivity index (χ0v) is 16.3. The van der Waals surface area contributed by atoms with Gasteiger partial charge in [0, 0.05) is 38.3 Å². The quantitative estimate of drug-likeness (QED) is 0.832. The maximum atomic E-state index is 14.2. The van der Waals surface area contributed by atoms with Crippen LogP contribution in [0.4, 0.5) is 14.0 Å². The van der Waals surface area contributed by atoms with Gasteiger partial charge in [-0.3, -0.25) is 0 Å². The van der Waals surface area contributed by atoms with Crippen molar-refractivity contribution in [2.45, 2.75) is 51.2 Å². The van der Waals surface area contributed by atoms with Crippen LogP contribution < -0.4 is 10.6 Å². The molecule has 2 N–H and O–H groups in total. The second-order valence-corrected chi connectivity index (χ2v) is 7.46. The molecule has 1 aromatic rings. The summed E-state index contributed by atoms with van der Waals surface area (Å²) in [5, 5.41) is 14.5. The Morgan fingerprint density at radius 2 is 2.07 bits per heavy atom. The number of benzene rings is 1. The molecule has 1 heterocycles. The van der Waals surface area contributed by atoms with Crippen molar-refractivity contribution in [3.63, 3.8) is 0 Å². The van der Waals surface area contributed by atoms with E-state index in [1.165, 1.54) is 6.07 Å². The summed E-state index contributed by atoms with van der Waals surface area (Å²) < 4.78 is 14.2. The minimum atomic E-state index is -0.496. The molecule has 0 spiro atoms. The number of hydrogen-bond acceptors (Lipinski definition) is 3. The van der Waals surface area contributed by atoms with Crippen molar-refractivity contribution in [2.24, 2.45) is 0 Å². The monoisotopic (exact) mass is 387 g/mol. The SMILES string of the molecule is CNC(=O)N1CCC[C@@H](N(C(=O)NCc2cc(C)c(C#N)cc2F)C2CC2)C1. The van der Waals surface area contributed by atoms with Crippen LogP contribution in [0.15, 0.2) is 12.1 Å². The van der Waals surface area contributed by atoms with E-state index in [-0.39, 0.29) is 30.7 Å². The zero-order valence-electron chi connectivity index (χ0n) is 16.3. The summed E-state index contributed by atoms with van der Waals surface area (Å²) in [7, 11) is 1.60. The normalized spacial score (nSPS) is 18.9. The van der Waals surface area contributed by atoms with E-state index in [9.17, 15) is 14.0 Å². The molecule has 1 aliphatic heterocycles. The molecule has 0 bridgehead atoms. The van der Waals surface area contributed by atoms with Crippen molar-refractivity contribution in [2.75, 3.05) is 20.1 Å². The lowest BCUT2D eigenvalue weighted by atomic mass is 10.0. The Labute approximate surface area is 164 Å². The standard InChI is InChI=1S/C20H26FN5O2/c1-13-8-15(18(21)9-14(13)10-22)11-24-20(28)26(16-5-6-16)17-4-3-7-25(12-17)19(27)23-2/h8-9,16-17H,3-7,11-12H2,1-2H3,(H,23,27)(H,24,28)/t17-/m1/s1. The van der Waals surface area contributed by atoms with Crippen LogP contribution in [0.25, 0.3) is 0 Å². The van der Waals surface area contributed by atoms with E-state index in [4.69, 9.17) is 5.26 Å². The molecule has 4 amide bonds. The highest BCUT2D eigenvalue weighted by Gasteiger charge is 2.39. The summed E-state index contributed by atoms with van der Waals surface area (Å²) in [5.41, 5.74) is 1.33. The van der Waals surface area contributed by atoms with Crippen molar-refractivity contribution in [1.82, 2.24) is 20.4 Å². The molecule has 8 heteroatoms. The van der Waals surface area contributed by atoms with Gasteiger partial charge in [0.1, 0.15) is 5.82 Å². The first kappa shape index (κ1) is 19.9. The number of carbonyl (C=O) groups excluding carboxylic acids is 2. The average Bonchev–Trinajstić information content (AvgIpc) is 3.53. The number of amides is 4. The van der Waals surface area contributed by atoms with E-state index >= 15 is 0 Å². The van der Waals surface area contributed by atoms with Crippen molar-refractivity contribution >= 4 is 12.1 Å². The number of nitrogens with zero attached hydrogens (tertiary/aromatic N) is 3. The largest absolute Gasteiger partial charge is 0.341 e. The summed E-state index contributed by atoms with van der Waals surface area (Å²) in [6.45, 7) is 3.00. The van der Waals surface area contributed by atoms with Gasteiger partial charge in [-0.15, -0.1) is 0 Å². The smallest absolute Gasteiger partial charge is 0.318 e. The molecule has 3 rings (SSSR count). The number of nitrogens with one attached hydrogen (secondary N) is 2. The van der Waals surface area contributed by atoms with E-state index in [0.717, 1.165) is 25.7 Å². The Morgan fingerprint density at radius 1 is 1.32 bits per heavy atom. The summed E-state index contributed by atoms with van der Waals surface area (Å²) in [6, 6.07) is 4.55. The van der Waals surface area contributed by atoms with Gasteiger partial charge in [-0.2, -0.15) is 5.26 Å². The Bertz CT molecular complexity index is 803. The van der Waals surface area contributed by atoms with Gasteiger partial charge < -0.3 is 20.4 Å². The molecule has 1 saturated carbocycles. The molecule has 1 saturated heterocycles. The number of aryl methyl sites for hydroxylation is 1. The third kappa shape index (κ3) is 4.35. The first-order valence-corrected chi connectivity index (χ1v) is 9.66. The van der Waals surface area contributed by atoms with Crippen LogP contribution in [-0.2, 0) is 6.54 Å². The summed E-state index contributed by atoms with van der Waals surface area (Å²) in [5.74, 6) is -0.496. The number of nitriles is 1. The molecule has 7 nitrogen and oxygen atoms in total.